The molecule has 0 unspecified atom stereocenters. The topological polar surface area (TPSA) is 18.5 Å². The number of hydrogen-bond acceptors (Lipinski definition) is 2. The molecular weight excluding hydrogens is 411 g/mol. The minimum atomic E-state index is -0.704. The zero-order valence-corrected chi connectivity index (χ0v) is 19.6. The summed E-state index contributed by atoms with van der Waals surface area (Å²) in [6, 6.07) is 38.3. The molecule has 0 atom stereocenters. The Labute approximate surface area is 191 Å². The molecule has 0 saturated carbocycles. The molecule has 0 aromatic heterocycles. The summed E-state index contributed by atoms with van der Waals surface area (Å²) < 4.78 is 10.8. The molecule has 0 amide bonds. The number of benzene rings is 4. The molecule has 0 aliphatic carbocycles. The summed E-state index contributed by atoms with van der Waals surface area (Å²) >= 11 is 0. The highest BCUT2D eigenvalue weighted by atomic mass is 31.1. The van der Waals surface area contributed by atoms with Gasteiger partial charge in [-0.15, -0.1) is 0 Å². The summed E-state index contributed by atoms with van der Waals surface area (Å²) in [7, 11) is 2.69. The first kappa shape index (κ1) is 21.9. The Morgan fingerprint density at radius 3 is 1.25 bits per heavy atom. The standard InChI is InChI=1S/C29H27O2P/c1-22(32(27-10-6-4-7-11-27)28-12-8-5-9-13-28)29(23-14-18-25(30-2)19-15-23)24-16-20-26(31-3)21-17-24/h4-21H,1-3H3. The largest absolute Gasteiger partial charge is 0.497 e. The fourth-order valence-corrected chi connectivity index (χ4v) is 6.40. The quantitative estimate of drug-likeness (QED) is 0.302. The van der Waals surface area contributed by atoms with Gasteiger partial charge in [-0.3, -0.25) is 0 Å². The van der Waals surface area contributed by atoms with Crippen molar-refractivity contribution in [2.75, 3.05) is 14.2 Å². The number of hydrogen-bond donors (Lipinski definition) is 0. The van der Waals surface area contributed by atoms with E-state index in [0.29, 0.717) is 0 Å². The van der Waals surface area contributed by atoms with E-state index in [1.54, 1.807) is 14.2 Å². The maximum Gasteiger partial charge on any atom is 0.118 e. The van der Waals surface area contributed by atoms with E-state index in [1.165, 1.54) is 32.6 Å². The highest BCUT2D eigenvalue weighted by molar-refractivity contribution is 7.77. The van der Waals surface area contributed by atoms with Crippen molar-refractivity contribution in [2.24, 2.45) is 0 Å². The lowest BCUT2D eigenvalue weighted by Gasteiger charge is -2.24. The Bertz CT molecular complexity index is 1080. The van der Waals surface area contributed by atoms with Crippen molar-refractivity contribution >= 4 is 24.1 Å². The number of allylic oxidation sites excluding steroid dienone is 1. The van der Waals surface area contributed by atoms with Gasteiger partial charge in [0, 0.05) is 0 Å². The molecule has 0 aliphatic heterocycles. The Kier molecular flexibility index (Phi) is 7.04. The van der Waals surface area contributed by atoms with E-state index in [9.17, 15) is 0 Å². The van der Waals surface area contributed by atoms with Crippen LogP contribution in [-0.2, 0) is 0 Å². The van der Waals surface area contributed by atoms with Crippen molar-refractivity contribution in [3.05, 3.63) is 126 Å². The van der Waals surface area contributed by atoms with Crippen LogP contribution < -0.4 is 20.1 Å². The van der Waals surface area contributed by atoms with E-state index in [1.807, 2.05) is 24.3 Å². The van der Waals surface area contributed by atoms with Crippen LogP contribution >= 0.6 is 7.92 Å². The summed E-state index contributed by atoms with van der Waals surface area (Å²) in [5, 5.41) is 4.03. The first-order chi connectivity index (χ1) is 15.7. The van der Waals surface area contributed by atoms with Crippen LogP contribution in [0, 0.1) is 0 Å². The van der Waals surface area contributed by atoms with Gasteiger partial charge < -0.3 is 9.47 Å². The number of ether oxygens (including phenoxy) is 2. The van der Waals surface area contributed by atoms with Crippen LogP contribution in [0.4, 0.5) is 0 Å². The van der Waals surface area contributed by atoms with Crippen LogP contribution in [0.15, 0.2) is 115 Å². The molecule has 0 spiro atoms. The van der Waals surface area contributed by atoms with Crippen molar-refractivity contribution in [2.45, 2.75) is 6.92 Å². The average Bonchev–Trinajstić information content (AvgIpc) is 2.86. The van der Waals surface area contributed by atoms with Crippen molar-refractivity contribution in [1.29, 1.82) is 0 Å². The summed E-state index contributed by atoms with van der Waals surface area (Å²) in [5.74, 6) is 1.71. The second-order valence-corrected chi connectivity index (χ2v) is 9.80. The van der Waals surface area contributed by atoms with Crippen LogP contribution in [0.25, 0.3) is 5.57 Å². The molecule has 0 radical (unpaired) electrons. The van der Waals surface area contributed by atoms with Crippen molar-refractivity contribution in [1.82, 2.24) is 0 Å². The zero-order chi connectivity index (χ0) is 22.3. The maximum absolute atomic E-state index is 5.40. The van der Waals surface area contributed by atoms with Gasteiger partial charge in [0.2, 0.25) is 0 Å². The number of rotatable bonds is 7. The van der Waals surface area contributed by atoms with Gasteiger partial charge in [0.1, 0.15) is 11.5 Å². The summed E-state index contributed by atoms with van der Waals surface area (Å²) in [4.78, 5) is 0. The molecule has 0 bridgehead atoms. The Balaban J connectivity index is 1.95. The van der Waals surface area contributed by atoms with E-state index < -0.39 is 7.92 Å². The third-order valence-electron chi connectivity index (χ3n) is 5.48. The van der Waals surface area contributed by atoms with Crippen LogP contribution in [0.2, 0.25) is 0 Å². The number of methoxy groups -OCH3 is 2. The van der Waals surface area contributed by atoms with Gasteiger partial charge in [0.25, 0.3) is 0 Å². The lowest BCUT2D eigenvalue weighted by atomic mass is 9.97. The van der Waals surface area contributed by atoms with E-state index in [-0.39, 0.29) is 0 Å². The minimum absolute atomic E-state index is 0.704. The second kappa shape index (κ2) is 10.3. The van der Waals surface area contributed by atoms with E-state index in [4.69, 9.17) is 9.47 Å². The molecular formula is C29H27O2P. The molecule has 0 saturated heterocycles. The lowest BCUT2D eigenvalue weighted by molar-refractivity contribution is 0.414. The fourth-order valence-electron chi connectivity index (χ4n) is 3.90. The van der Waals surface area contributed by atoms with Gasteiger partial charge in [-0.05, 0) is 71.7 Å². The monoisotopic (exact) mass is 438 g/mol. The molecule has 0 aliphatic rings. The van der Waals surface area contributed by atoms with E-state index in [2.05, 4.69) is 91.9 Å². The van der Waals surface area contributed by atoms with Crippen molar-refractivity contribution < 1.29 is 9.47 Å². The third-order valence-corrected chi connectivity index (χ3v) is 8.01. The van der Waals surface area contributed by atoms with E-state index in [0.717, 1.165) is 11.5 Å². The van der Waals surface area contributed by atoms with E-state index >= 15 is 0 Å². The molecule has 4 aromatic rings. The van der Waals surface area contributed by atoms with Gasteiger partial charge >= 0.3 is 0 Å². The van der Waals surface area contributed by atoms with Gasteiger partial charge in [-0.1, -0.05) is 84.9 Å². The van der Waals surface area contributed by atoms with Crippen LogP contribution in [0.5, 0.6) is 11.5 Å². The highest BCUT2D eigenvalue weighted by Crippen LogP contribution is 2.48. The minimum Gasteiger partial charge on any atom is -0.497 e. The van der Waals surface area contributed by atoms with Crippen molar-refractivity contribution in [3.63, 3.8) is 0 Å². The van der Waals surface area contributed by atoms with Crippen LogP contribution in [0.3, 0.4) is 0 Å². The summed E-state index contributed by atoms with van der Waals surface area (Å²) in [6.45, 7) is 2.27. The van der Waals surface area contributed by atoms with Gasteiger partial charge in [-0.25, -0.2) is 0 Å². The average molecular weight is 439 g/mol. The predicted molar refractivity (Wildman–Crippen MR) is 137 cm³/mol. The zero-order valence-electron chi connectivity index (χ0n) is 18.7. The van der Waals surface area contributed by atoms with Crippen LogP contribution in [-0.4, -0.2) is 14.2 Å². The molecule has 0 fully saturated rings. The molecule has 2 nitrogen and oxygen atoms in total. The lowest BCUT2D eigenvalue weighted by Crippen LogP contribution is -2.13. The Morgan fingerprint density at radius 2 is 0.906 bits per heavy atom. The summed E-state index contributed by atoms with van der Waals surface area (Å²) in [5.41, 5.74) is 3.59. The predicted octanol–water partition coefficient (Wildman–Crippen LogP) is 6.62. The fraction of sp³-hybridized carbons (Fsp3) is 0.103. The Morgan fingerprint density at radius 1 is 0.531 bits per heavy atom. The summed E-state index contributed by atoms with van der Waals surface area (Å²) in [6.07, 6.45) is 0. The maximum atomic E-state index is 5.40. The molecule has 4 aromatic carbocycles. The molecule has 3 heteroatoms. The highest BCUT2D eigenvalue weighted by Gasteiger charge is 2.21. The van der Waals surface area contributed by atoms with Crippen LogP contribution in [0.1, 0.15) is 18.1 Å². The first-order valence-corrected chi connectivity index (χ1v) is 12.0. The molecule has 0 heterocycles. The molecule has 160 valence electrons. The normalized spacial score (nSPS) is 10.6. The SMILES string of the molecule is COc1ccc(C(=C(C)P(c2ccccc2)c2ccccc2)c2ccc(OC)cc2)cc1. The first-order valence-electron chi connectivity index (χ1n) is 10.6. The molecule has 4 rings (SSSR count). The second-order valence-electron chi connectivity index (χ2n) is 7.42. The Hall–Kier alpha value is -3.35. The molecule has 0 N–H and O–H groups in total. The molecule has 32 heavy (non-hydrogen) atoms. The van der Waals surface area contributed by atoms with Gasteiger partial charge in [0.15, 0.2) is 0 Å². The third kappa shape index (κ3) is 4.77. The van der Waals surface area contributed by atoms with Crippen molar-refractivity contribution in [3.8, 4) is 11.5 Å². The smallest absolute Gasteiger partial charge is 0.118 e. The van der Waals surface area contributed by atoms with Gasteiger partial charge in [-0.2, -0.15) is 0 Å². The van der Waals surface area contributed by atoms with Gasteiger partial charge in [0.05, 0.1) is 14.2 Å².